The van der Waals surface area contributed by atoms with Gasteiger partial charge in [0.25, 0.3) is 0 Å². The molecule has 6 nitrogen and oxygen atoms in total. The third-order valence-corrected chi connectivity index (χ3v) is 7.65. The van der Waals surface area contributed by atoms with E-state index in [4.69, 9.17) is 4.98 Å². The summed E-state index contributed by atoms with van der Waals surface area (Å²) in [5.41, 5.74) is 5.28. The van der Waals surface area contributed by atoms with Crippen molar-refractivity contribution in [2.45, 2.75) is 76.2 Å². The first-order valence-corrected chi connectivity index (χ1v) is 12.7. The van der Waals surface area contributed by atoms with Crippen molar-refractivity contribution in [3.05, 3.63) is 45.7 Å². The molecule has 0 bridgehead atoms. The molecule has 0 atom stereocenters. The number of thioether (sulfide) groups is 1. The van der Waals surface area contributed by atoms with Crippen molar-refractivity contribution in [1.82, 2.24) is 19.7 Å². The lowest BCUT2D eigenvalue weighted by Gasteiger charge is -2.23. The Bertz CT molecular complexity index is 1120. The van der Waals surface area contributed by atoms with Gasteiger partial charge in [0.15, 0.2) is 10.3 Å². The molecule has 0 saturated heterocycles. The molecule has 0 radical (unpaired) electrons. The summed E-state index contributed by atoms with van der Waals surface area (Å²) >= 11 is 3.22. The molecule has 2 aliphatic carbocycles. The number of carbonyl (C=O) groups excluding carboxylic acids is 1. The van der Waals surface area contributed by atoms with Crippen LogP contribution in [0.3, 0.4) is 0 Å². The Labute approximate surface area is 191 Å². The number of hydrogen-bond donors (Lipinski definition) is 0. The van der Waals surface area contributed by atoms with Crippen molar-refractivity contribution in [3.8, 4) is 0 Å². The summed E-state index contributed by atoms with van der Waals surface area (Å²) < 4.78 is 2.37. The van der Waals surface area contributed by atoms with Gasteiger partial charge in [-0.1, -0.05) is 29.5 Å². The highest BCUT2D eigenvalue weighted by Gasteiger charge is 2.36. The molecular weight excluding hydrogens is 426 g/mol. The van der Waals surface area contributed by atoms with Crippen molar-refractivity contribution in [2.24, 2.45) is 0 Å². The first-order valence-electron chi connectivity index (χ1n) is 10.8. The van der Waals surface area contributed by atoms with Crippen LogP contribution in [0.25, 0.3) is 0 Å². The monoisotopic (exact) mass is 453 g/mol. The van der Waals surface area contributed by atoms with E-state index in [2.05, 4.69) is 53.0 Å². The minimum atomic E-state index is -0.0221. The fourth-order valence-electron chi connectivity index (χ4n) is 4.20. The Hall–Kier alpha value is -2.19. The van der Waals surface area contributed by atoms with Crippen LogP contribution in [0, 0.1) is 20.8 Å². The number of rotatable bonds is 7. The minimum Gasteiger partial charge on any atom is -0.303 e. The van der Waals surface area contributed by atoms with E-state index in [0.717, 1.165) is 38.5 Å². The molecule has 31 heavy (non-hydrogen) atoms. The van der Waals surface area contributed by atoms with Gasteiger partial charge in [-0.25, -0.2) is 4.98 Å². The van der Waals surface area contributed by atoms with Gasteiger partial charge in [-0.2, -0.15) is 0 Å². The fourth-order valence-corrected chi connectivity index (χ4v) is 6.08. The molecule has 1 amide bonds. The van der Waals surface area contributed by atoms with Crippen molar-refractivity contribution in [3.63, 3.8) is 0 Å². The van der Waals surface area contributed by atoms with E-state index < -0.39 is 0 Å². The van der Waals surface area contributed by atoms with Crippen LogP contribution in [-0.2, 0) is 10.5 Å². The molecule has 2 heterocycles. The lowest BCUT2D eigenvalue weighted by atomic mass is 10.0. The predicted molar refractivity (Wildman–Crippen MR) is 125 cm³/mol. The summed E-state index contributed by atoms with van der Waals surface area (Å²) in [6.45, 7) is 7.79. The molecule has 0 unspecified atom stereocenters. The largest absolute Gasteiger partial charge is 0.303 e. The van der Waals surface area contributed by atoms with E-state index in [1.54, 1.807) is 23.6 Å². The number of thiazole rings is 1. The molecule has 0 spiro atoms. The van der Waals surface area contributed by atoms with Crippen LogP contribution in [0.2, 0.25) is 0 Å². The van der Waals surface area contributed by atoms with Gasteiger partial charge in [0.05, 0.1) is 11.4 Å². The molecule has 0 N–H and O–H groups in total. The Balaban J connectivity index is 1.37. The Kier molecular flexibility index (Phi) is 5.38. The number of hydrogen-bond acceptors (Lipinski definition) is 6. The van der Waals surface area contributed by atoms with E-state index in [1.807, 2.05) is 0 Å². The summed E-state index contributed by atoms with van der Waals surface area (Å²) in [6.07, 6.45) is 4.94. The van der Waals surface area contributed by atoms with Gasteiger partial charge in [-0.3, -0.25) is 9.69 Å². The van der Waals surface area contributed by atoms with Gasteiger partial charge >= 0.3 is 0 Å². The molecule has 3 aromatic rings. The van der Waals surface area contributed by atoms with Crippen LogP contribution in [0.1, 0.15) is 72.8 Å². The number of aryl methyl sites for hydroxylation is 3. The number of aromatic nitrogens is 4. The molecule has 8 heteroatoms. The summed E-state index contributed by atoms with van der Waals surface area (Å²) in [6, 6.07) is 4.81. The summed E-state index contributed by atoms with van der Waals surface area (Å²) in [5.74, 6) is 2.49. The highest BCUT2D eigenvalue weighted by atomic mass is 32.2. The maximum atomic E-state index is 12.6. The minimum absolute atomic E-state index is 0.0221. The number of benzene rings is 1. The molecule has 1 aromatic carbocycles. The third-order valence-electron chi connectivity index (χ3n) is 5.80. The Morgan fingerprint density at radius 1 is 1.16 bits per heavy atom. The number of nitrogens with zero attached hydrogens (tertiary/aromatic N) is 5. The molecule has 2 aliphatic rings. The van der Waals surface area contributed by atoms with E-state index in [-0.39, 0.29) is 5.91 Å². The van der Waals surface area contributed by atoms with Crippen LogP contribution >= 0.6 is 23.1 Å². The normalized spacial score (nSPS) is 16.0. The molecule has 5 rings (SSSR count). The van der Waals surface area contributed by atoms with Gasteiger partial charge < -0.3 is 4.57 Å². The van der Waals surface area contributed by atoms with Crippen molar-refractivity contribution in [1.29, 1.82) is 0 Å². The highest BCUT2D eigenvalue weighted by Crippen LogP contribution is 2.46. The second kappa shape index (κ2) is 8.06. The molecular formula is C23H27N5OS2. The fraction of sp³-hybridized carbons (Fsp3) is 0.478. The van der Waals surface area contributed by atoms with Gasteiger partial charge in [-0.15, -0.1) is 21.5 Å². The third kappa shape index (κ3) is 4.15. The average molecular weight is 454 g/mol. The molecule has 2 fully saturated rings. The highest BCUT2D eigenvalue weighted by molar-refractivity contribution is 7.98. The van der Waals surface area contributed by atoms with Crippen LogP contribution in [0.4, 0.5) is 10.8 Å². The SMILES string of the molecule is CC(=O)N(c1nc(CSc2nnc(C3CC3)n2C2CC2)cs1)c1c(C)cc(C)cc1C. The Morgan fingerprint density at radius 2 is 1.87 bits per heavy atom. The van der Waals surface area contributed by atoms with E-state index in [1.165, 1.54) is 48.4 Å². The van der Waals surface area contributed by atoms with Crippen LogP contribution in [0.5, 0.6) is 0 Å². The van der Waals surface area contributed by atoms with Gasteiger partial charge in [0.2, 0.25) is 5.91 Å². The van der Waals surface area contributed by atoms with Gasteiger partial charge in [0.1, 0.15) is 5.82 Å². The van der Waals surface area contributed by atoms with E-state index in [0.29, 0.717) is 12.0 Å². The van der Waals surface area contributed by atoms with Crippen molar-refractivity contribution in [2.75, 3.05) is 4.90 Å². The second-order valence-electron chi connectivity index (χ2n) is 8.73. The number of carbonyl (C=O) groups is 1. The predicted octanol–water partition coefficient (Wildman–Crippen LogP) is 5.85. The lowest BCUT2D eigenvalue weighted by Crippen LogP contribution is -2.24. The first kappa shape index (κ1) is 20.7. The smallest absolute Gasteiger partial charge is 0.230 e. The lowest BCUT2D eigenvalue weighted by molar-refractivity contribution is -0.115. The van der Waals surface area contributed by atoms with Crippen LogP contribution < -0.4 is 4.90 Å². The molecule has 162 valence electrons. The standard InChI is InChI=1S/C23H27N5OS2/c1-13-9-14(2)20(15(3)10-13)27(16(4)29)22-24-18(11-30-22)12-31-23-26-25-21(17-5-6-17)28(23)19-7-8-19/h9-11,17,19H,5-8,12H2,1-4H3. The second-order valence-corrected chi connectivity index (χ2v) is 10.5. The first-order chi connectivity index (χ1) is 14.9. The van der Waals surface area contributed by atoms with E-state index in [9.17, 15) is 4.79 Å². The molecule has 2 saturated carbocycles. The average Bonchev–Trinajstić information content (AvgIpc) is 3.64. The zero-order valence-corrected chi connectivity index (χ0v) is 20.0. The number of amides is 1. The van der Waals surface area contributed by atoms with E-state index >= 15 is 0 Å². The summed E-state index contributed by atoms with van der Waals surface area (Å²) in [4.78, 5) is 19.2. The quantitative estimate of drug-likeness (QED) is 0.420. The van der Waals surface area contributed by atoms with Crippen LogP contribution in [-0.4, -0.2) is 25.7 Å². The summed E-state index contributed by atoms with van der Waals surface area (Å²) in [5, 5.41) is 12.8. The molecule has 0 aliphatic heterocycles. The van der Waals surface area contributed by atoms with Crippen molar-refractivity contribution < 1.29 is 4.79 Å². The van der Waals surface area contributed by atoms with Gasteiger partial charge in [-0.05, 0) is 57.6 Å². The zero-order valence-electron chi connectivity index (χ0n) is 18.4. The maximum Gasteiger partial charge on any atom is 0.230 e. The Morgan fingerprint density at radius 3 is 2.48 bits per heavy atom. The zero-order chi connectivity index (χ0) is 21.7. The van der Waals surface area contributed by atoms with Crippen LogP contribution in [0.15, 0.2) is 22.7 Å². The maximum absolute atomic E-state index is 12.6. The topological polar surface area (TPSA) is 63.9 Å². The summed E-state index contributed by atoms with van der Waals surface area (Å²) in [7, 11) is 0. The number of anilines is 2. The molecule has 2 aromatic heterocycles. The van der Waals surface area contributed by atoms with Gasteiger partial charge in [0, 0.05) is 30.0 Å². The van der Waals surface area contributed by atoms with Crippen molar-refractivity contribution >= 4 is 39.8 Å².